The highest BCUT2D eigenvalue weighted by molar-refractivity contribution is 8.00. The second-order valence-corrected chi connectivity index (χ2v) is 6.00. The number of thioether (sulfide) groups is 1. The summed E-state index contributed by atoms with van der Waals surface area (Å²) in [7, 11) is 0. The van der Waals surface area contributed by atoms with Crippen LogP contribution in [0.25, 0.3) is 0 Å². The Morgan fingerprint density at radius 3 is 2.94 bits per heavy atom. The highest BCUT2D eigenvalue weighted by atomic mass is 32.2. The van der Waals surface area contributed by atoms with E-state index in [0.717, 1.165) is 5.75 Å². The number of carbonyl (C=O) groups is 1. The first-order valence-corrected chi connectivity index (χ1v) is 7.03. The molecule has 0 bridgehead atoms. The second kappa shape index (κ2) is 5.18. The molecule has 0 aromatic heterocycles. The maximum absolute atomic E-state index is 13.4. The number of nitrogens with zero attached hydrogens (tertiary/aromatic N) is 1. The zero-order chi connectivity index (χ0) is 13.3. The van der Waals surface area contributed by atoms with Gasteiger partial charge in [0.15, 0.2) is 0 Å². The Kier molecular flexibility index (Phi) is 3.80. The first kappa shape index (κ1) is 13.2. The second-order valence-electron chi connectivity index (χ2n) is 4.52. The van der Waals surface area contributed by atoms with Crippen molar-refractivity contribution in [2.75, 3.05) is 18.0 Å². The van der Waals surface area contributed by atoms with Crippen molar-refractivity contribution in [1.82, 2.24) is 4.90 Å². The fourth-order valence-electron chi connectivity index (χ4n) is 2.10. The van der Waals surface area contributed by atoms with Crippen molar-refractivity contribution < 1.29 is 9.18 Å². The van der Waals surface area contributed by atoms with E-state index in [-0.39, 0.29) is 23.2 Å². The number of carbonyl (C=O) groups excluding carboxylic acids is 1. The number of amides is 1. The summed E-state index contributed by atoms with van der Waals surface area (Å²) in [5.74, 6) is 0.200. The Morgan fingerprint density at radius 1 is 1.50 bits per heavy atom. The number of halogens is 1. The molecular formula is C13H17FN2OS. The van der Waals surface area contributed by atoms with E-state index in [2.05, 4.69) is 6.92 Å². The standard InChI is InChI=1S/C13H17FN2OS/c1-8-9(2)18-7-6-16(8)13(17)10-4-3-5-11(14)12(10)15/h3-5,8-9H,6-7,15H2,1-2H3. The highest BCUT2D eigenvalue weighted by Gasteiger charge is 2.30. The number of hydrogen-bond donors (Lipinski definition) is 1. The molecule has 0 radical (unpaired) electrons. The molecule has 5 heteroatoms. The Hall–Kier alpha value is -1.23. The smallest absolute Gasteiger partial charge is 0.256 e. The Balaban J connectivity index is 2.28. The molecule has 2 unspecified atom stereocenters. The molecule has 1 aromatic carbocycles. The first-order valence-electron chi connectivity index (χ1n) is 5.99. The van der Waals surface area contributed by atoms with Gasteiger partial charge in [-0.05, 0) is 19.1 Å². The summed E-state index contributed by atoms with van der Waals surface area (Å²) < 4.78 is 13.4. The monoisotopic (exact) mass is 268 g/mol. The average Bonchev–Trinajstić information content (AvgIpc) is 2.35. The molecule has 1 amide bonds. The van der Waals surface area contributed by atoms with E-state index in [1.165, 1.54) is 12.1 Å². The van der Waals surface area contributed by atoms with E-state index in [9.17, 15) is 9.18 Å². The van der Waals surface area contributed by atoms with Crippen LogP contribution in [0.5, 0.6) is 0 Å². The summed E-state index contributed by atoms with van der Waals surface area (Å²) in [5, 5.41) is 0.387. The minimum Gasteiger partial charge on any atom is -0.396 e. The third-order valence-electron chi connectivity index (χ3n) is 3.43. The lowest BCUT2D eigenvalue weighted by Gasteiger charge is -2.37. The van der Waals surface area contributed by atoms with Gasteiger partial charge in [-0.2, -0.15) is 11.8 Å². The molecule has 18 heavy (non-hydrogen) atoms. The summed E-state index contributed by atoms with van der Waals surface area (Å²) in [4.78, 5) is 14.2. The Morgan fingerprint density at radius 2 is 2.22 bits per heavy atom. The SMILES string of the molecule is CC1SCCN(C(=O)c2cccc(F)c2N)C1C. The van der Waals surface area contributed by atoms with Gasteiger partial charge in [0.25, 0.3) is 5.91 Å². The number of hydrogen-bond acceptors (Lipinski definition) is 3. The van der Waals surface area contributed by atoms with Gasteiger partial charge in [0.2, 0.25) is 0 Å². The van der Waals surface area contributed by atoms with Crippen molar-refractivity contribution in [2.24, 2.45) is 0 Å². The highest BCUT2D eigenvalue weighted by Crippen LogP contribution is 2.27. The van der Waals surface area contributed by atoms with Crippen molar-refractivity contribution in [3.63, 3.8) is 0 Å². The molecule has 1 heterocycles. The van der Waals surface area contributed by atoms with Gasteiger partial charge in [-0.25, -0.2) is 4.39 Å². The molecule has 1 saturated heterocycles. The zero-order valence-electron chi connectivity index (χ0n) is 10.5. The third kappa shape index (κ3) is 2.32. The number of para-hydroxylation sites is 1. The molecule has 1 aromatic rings. The van der Waals surface area contributed by atoms with Crippen molar-refractivity contribution in [3.05, 3.63) is 29.6 Å². The van der Waals surface area contributed by atoms with Crippen LogP contribution in [0.2, 0.25) is 0 Å². The molecule has 2 rings (SSSR count). The average molecular weight is 268 g/mol. The van der Waals surface area contributed by atoms with Crippen molar-refractivity contribution in [2.45, 2.75) is 25.1 Å². The largest absolute Gasteiger partial charge is 0.396 e. The van der Waals surface area contributed by atoms with E-state index in [1.807, 2.05) is 18.7 Å². The minimum absolute atomic E-state index is 0.0550. The van der Waals surface area contributed by atoms with Crippen LogP contribution < -0.4 is 5.73 Å². The molecule has 1 aliphatic rings. The molecule has 1 fully saturated rings. The van der Waals surface area contributed by atoms with Crippen molar-refractivity contribution in [3.8, 4) is 0 Å². The summed E-state index contributed by atoms with van der Waals surface area (Å²) in [5.41, 5.74) is 5.85. The van der Waals surface area contributed by atoms with Crippen LogP contribution in [-0.2, 0) is 0 Å². The van der Waals surface area contributed by atoms with Crippen LogP contribution in [0.4, 0.5) is 10.1 Å². The molecule has 2 N–H and O–H groups in total. The van der Waals surface area contributed by atoms with E-state index in [1.54, 1.807) is 11.0 Å². The normalized spacial score (nSPS) is 24.1. The minimum atomic E-state index is -0.534. The lowest BCUT2D eigenvalue weighted by Crippen LogP contribution is -2.48. The van der Waals surface area contributed by atoms with E-state index < -0.39 is 5.82 Å². The molecule has 0 saturated carbocycles. The fraction of sp³-hybridized carbons (Fsp3) is 0.462. The maximum Gasteiger partial charge on any atom is 0.256 e. The van der Waals surface area contributed by atoms with Gasteiger partial charge in [0.05, 0.1) is 11.3 Å². The van der Waals surface area contributed by atoms with E-state index in [0.29, 0.717) is 11.8 Å². The molecule has 0 spiro atoms. The predicted molar refractivity (Wildman–Crippen MR) is 73.2 cm³/mol. The van der Waals surface area contributed by atoms with Crippen LogP contribution >= 0.6 is 11.8 Å². The Bertz CT molecular complexity index is 466. The van der Waals surface area contributed by atoms with Crippen LogP contribution in [0, 0.1) is 5.82 Å². The van der Waals surface area contributed by atoms with Gasteiger partial charge in [0, 0.05) is 23.6 Å². The number of anilines is 1. The molecule has 0 aliphatic carbocycles. The molecule has 98 valence electrons. The van der Waals surface area contributed by atoms with Crippen LogP contribution in [-0.4, -0.2) is 34.4 Å². The van der Waals surface area contributed by atoms with Gasteiger partial charge in [-0.15, -0.1) is 0 Å². The molecule has 3 nitrogen and oxygen atoms in total. The summed E-state index contributed by atoms with van der Waals surface area (Å²) in [6.07, 6.45) is 0. The molecule has 1 aliphatic heterocycles. The van der Waals surface area contributed by atoms with Crippen molar-refractivity contribution in [1.29, 1.82) is 0 Å². The Labute approximate surface area is 111 Å². The van der Waals surface area contributed by atoms with Crippen molar-refractivity contribution >= 4 is 23.4 Å². The summed E-state index contributed by atoms with van der Waals surface area (Å²) in [6, 6.07) is 4.51. The number of nitrogens with two attached hydrogens (primary N) is 1. The number of rotatable bonds is 1. The zero-order valence-corrected chi connectivity index (χ0v) is 11.3. The number of benzene rings is 1. The first-order chi connectivity index (χ1) is 8.52. The molecule has 2 atom stereocenters. The van der Waals surface area contributed by atoms with Gasteiger partial charge in [0.1, 0.15) is 5.82 Å². The maximum atomic E-state index is 13.4. The van der Waals surface area contributed by atoms with Crippen LogP contribution in [0.15, 0.2) is 18.2 Å². The summed E-state index contributed by atoms with van der Waals surface area (Å²) >= 11 is 1.85. The summed E-state index contributed by atoms with van der Waals surface area (Å²) in [6.45, 7) is 4.80. The van der Waals surface area contributed by atoms with Crippen LogP contribution in [0.1, 0.15) is 24.2 Å². The lowest BCUT2D eigenvalue weighted by atomic mass is 10.1. The van der Waals surface area contributed by atoms with Gasteiger partial charge < -0.3 is 10.6 Å². The topological polar surface area (TPSA) is 46.3 Å². The van der Waals surface area contributed by atoms with Gasteiger partial charge in [-0.3, -0.25) is 4.79 Å². The van der Waals surface area contributed by atoms with Gasteiger partial charge >= 0.3 is 0 Å². The molecular weight excluding hydrogens is 251 g/mol. The van der Waals surface area contributed by atoms with E-state index in [4.69, 9.17) is 5.73 Å². The third-order valence-corrected chi connectivity index (χ3v) is 4.77. The predicted octanol–water partition coefficient (Wildman–Crippen LogP) is 2.37. The lowest BCUT2D eigenvalue weighted by molar-refractivity contribution is 0.0699. The van der Waals surface area contributed by atoms with Crippen LogP contribution in [0.3, 0.4) is 0 Å². The fourth-order valence-corrected chi connectivity index (χ4v) is 3.20. The number of nitrogen functional groups attached to an aromatic ring is 1. The van der Waals surface area contributed by atoms with E-state index >= 15 is 0 Å². The van der Waals surface area contributed by atoms with Gasteiger partial charge in [-0.1, -0.05) is 13.0 Å². The quantitative estimate of drug-likeness (QED) is 0.795.